The lowest BCUT2D eigenvalue weighted by Crippen LogP contribution is -2.15. The molecule has 0 aliphatic carbocycles. The average molecular weight is 294 g/mol. The summed E-state index contributed by atoms with van der Waals surface area (Å²) < 4.78 is 1.76. The summed E-state index contributed by atoms with van der Waals surface area (Å²) in [5, 5.41) is 7.13. The summed E-state index contributed by atoms with van der Waals surface area (Å²) in [5.74, 6) is -0.202. The summed E-state index contributed by atoms with van der Waals surface area (Å²) in [4.78, 5) is 16.8. The number of hydrogen-bond acceptors (Lipinski definition) is 3. The molecule has 2 heterocycles. The first-order valence-electron chi connectivity index (χ1n) is 7.45. The van der Waals surface area contributed by atoms with Crippen molar-refractivity contribution in [2.75, 3.05) is 5.32 Å². The van der Waals surface area contributed by atoms with Crippen LogP contribution in [0, 0.1) is 0 Å². The third-order valence-corrected chi connectivity index (χ3v) is 3.62. The van der Waals surface area contributed by atoms with Gasteiger partial charge in [0.15, 0.2) is 5.65 Å². The van der Waals surface area contributed by atoms with E-state index in [2.05, 4.69) is 22.3 Å². The predicted octanol–water partition coefficient (Wildman–Crippen LogP) is 3.11. The van der Waals surface area contributed by atoms with Crippen molar-refractivity contribution in [1.29, 1.82) is 0 Å². The molecule has 5 heteroatoms. The molecule has 3 aromatic rings. The number of anilines is 1. The maximum atomic E-state index is 12.4. The van der Waals surface area contributed by atoms with Crippen LogP contribution in [0.25, 0.3) is 5.65 Å². The van der Waals surface area contributed by atoms with Crippen LogP contribution in [0.15, 0.2) is 42.6 Å². The lowest BCUT2D eigenvalue weighted by atomic mass is 10.1. The number of hydrogen-bond donors (Lipinski definition) is 1. The zero-order valence-corrected chi connectivity index (χ0v) is 12.7. The summed E-state index contributed by atoms with van der Waals surface area (Å²) in [5.41, 5.74) is 4.03. The topological polar surface area (TPSA) is 59.3 Å². The number of carbonyl (C=O) groups excluding carboxylic acids is 1. The molecular weight excluding hydrogens is 276 g/mol. The van der Waals surface area contributed by atoms with E-state index in [1.54, 1.807) is 22.8 Å². The van der Waals surface area contributed by atoms with E-state index in [0.29, 0.717) is 11.3 Å². The molecule has 0 fully saturated rings. The Balaban J connectivity index is 1.91. The number of carbonyl (C=O) groups is 1. The molecule has 1 N–H and O–H groups in total. The van der Waals surface area contributed by atoms with E-state index in [9.17, 15) is 4.79 Å². The first kappa shape index (κ1) is 14.3. The average Bonchev–Trinajstić information content (AvgIpc) is 3.02. The zero-order chi connectivity index (χ0) is 15.5. The van der Waals surface area contributed by atoms with Gasteiger partial charge < -0.3 is 5.32 Å². The van der Waals surface area contributed by atoms with Crippen LogP contribution < -0.4 is 5.32 Å². The molecule has 0 aliphatic heterocycles. The molecule has 1 aromatic carbocycles. The summed E-state index contributed by atoms with van der Waals surface area (Å²) in [6.07, 6.45) is 3.41. The number of aromatic nitrogens is 3. The molecule has 0 spiro atoms. The second kappa shape index (κ2) is 5.97. The lowest BCUT2D eigenvalue weighted by Gasteiger charge is -2.08. The van der Waals surface area contributed by atoms with Crippen molar-refractivity contribution < 1.29 is 4.79 Å². The van der Waals surface area contributed by atoms with Crippen molar-refractivity contribution >= 4 is 17.2 Å². The van der Waals surface area contributed by atoms with Gasteiger partial charge in [0.05, 0.1) is 6.20 Å². The minimum atomic E-state index is -0.202. The Labute approximate surface area is 129 Å². The number of amides is 1. The highest BCUT2D eigenvalue weighted by Gasteiger charge is 2.12. The lowest BCUT2D eigenvalue weighted by molar-refractivity contribution is 0.102. The van der Waals surface area contributed by atoms with Crippen LogP contribution in [0.4, 0.5) is 5.69 Å². The molecule has 22 heavy (non-hydrogen) atoms. The Bertz CT molecular complexity index is 822. The molecule has 1 amide bonds. The smallest absolute Gasteiger partial charge is 0.274 e. The van der Waals surface area contributed by atoms with Crippen LogP contribution in [0.1, 0.15) is 35.6 Å². The second-order valence-corrected chi connectivity index (χ2v) is 5.10. The molecule has 0 saturated heterocycles. The molecule has 0 aliphatic rings. The maximum Gasteiger partial charge on any atom is 0.274 e. The number of nitrogens with one attached hydrogen (secondary N) is 1. The van der Waals surface area contributed by atoms with Gasteiger partial charge in [0.2, 0.25) is 0 Å². The van der Waals surface area contributed by atoms with Gasteiger partial charge in [-0.3, -0.25) is 4.79 Å². The Morgan fingerprint density at radius 2 is 2.05 bits per heavy atom. The van der Waals surface area contributed by atoms with Gasteiger partial charge in [0.1, 0.15) is 5.69 Å². The van der Waals surface area contributed by atoms with Crippen molar-refractivity contribution in [1.82, 2.24) is 14.6 Å². The Hall–Kier alpha value is -2.69. The van der Waals surface area contributed by atoms with Gasteiger partial charge in [0, 0.05) is 17.4 Å². The van der Waals surface area contributed by atoms with Crippen LogP contribution >= 0.6 is 0 Å². The second-order valence-electron chi connectivity index (χ2n) is 5.10. The minimum absolute atomic E-state index is 0.202. The number of rotatable bonds is 4. The molecular formula is C17H18N4O. The summed E-state index contributed by atoms with van der Waals surface area (Å²) in [6.45, 7) is 4.12. The van der Waals surface area contributed by atoms with E-state index in [1.807, 2.05) is 31.2 Å². The SMILES string of the molecule is CCc1cccc(NC(=O)c2cc(CC)n3nccc3n2)c1. The summed E-state index contributed by atoms with van der Waals surface area (Å²) in [7, 11) is 0. The molecule has 3 rings (SSSR count). The fraction of sp³-hybridized carbons (Fsp3) is 0.235. The monoisotopic (exact) mass is 294 g/mol. The highest BCUT2D eigenvalue weighted by Crippen LogP contribution is 2.14. The molecule has 5 nitrogen and oxygen atoms in total. The van der Waals surface area contributed by atoms with E-state index in [0.717, 1.165) is 24.2 Å². The van der Waals surface area contributed by atoms with Crippen molar-refractivity contribution in [2.24, 2.45) is 0 Å². The van der Waals surface area contributed by atoms with Crippen LogP contribution in [0.5, 0.6) is 0 Å². The summed E-state index contributed by atoms with van der Waals surface area (Å²) >= 11 is 0. The molecule has 112 valence electrons. The molecule has 0 bridgehead atoms. The summed E-state index contributed by atoms with van der Waals surface area (Å²) in [6, 6.07) is 11.4. The minimum Gasteiger partial charge on any atom is -0.321 e. The van der Waals surface area contributed by atoms with Crippen LogP contribution in [0.3, 0.4) is 0 Å². The van der Waals surface area contributed by atoms with E-state index in [-0.39, 0.29) is 5.91 Å². The fourth-order valence-electron chi connectivity index (χ4n) is 2.41. The molecule has 2 aromatic heterocycles. The Morgan fingerprint density at radius 1 is 1.18 bits per heavy atom. The van der Waals surface area contributed by atoms with Crippen LogP contribution in [-0.4, -0.2) is 20.5 Å². The number of fused-ring (bicyclic) bond motifs is 1. The Kier molecular flexibility index (Phi) is 3.87. The van der Waals surface area contributed by atoms with Gasteiger partial charge in [-0.05, 0) is 36.6 Å². The van der Waals surface area contributed by atoms with Crippen molar-refractivity contribution in [3.63, 3.8) is 0 Å². The molecule has 0 atom stereocenters. The first-order valence-corrected chi connectivity index (χ1v) is 7.45. The van der Waals surface area contributed by atoms with Crippen LogP contribution in [-0.2, 0) is 12.8 Å². The van der Waals surface area contributed by atoms with Crippen LogP contribution in [0.2, 0.25) is 0 Å². The highest BCUT2D eigenvalue weighted by molar-refractivity contribution is 6.03. The van der Waals surface area contributed by atoms with E-state index in [1.165, 1.54) is 5.56 Å². The zero-order valence-electron chi connectivity index (χ0n) is 12.7. The van der Waals surface area contributed by atoms with E-state index < -0.39 is 0 Å². The molecule has 0 saturated carbocycles. The Morgan fingerprint density at radius 3 is 2.82 bits per heavy atom. The van der Waals surface area contributed by atoms with E-state index in [4.69, 9.17) is 0 Å². The van der Waals surface area contributed by atoms with Crippen molar-refractivity contribution in [3.05, 3.63) is 59.5 Å². The quantitative estimate of drug-likeness (QED) is 0.804. The maximum absolute atomic E-state index is 12.4. The highest BCUT2D eigenvalue weighted by atomic mass is 16.1. The van der Waals surface area contributed by atoms with Gasteiger partial charge in [-0.1, -0.05) is 26.0 Å². The van der Waals surface area contributed by atoms with Crippen molar-refractivity contribution in [2.45, 2.75) is 26.7 Å². The molecule has 0 radical (unpaired) electrons. The van der Waals surface area contributed by atoms with Gasteiger partial charge in [-0.2, -0.15) is 5.10 Å². The number of nitrogens with zero attached hydrogens (tertiary/aromatic N) is 3. The third kappa shape index (κ3) is 2.70. The van der Waals surface area contributed by atoms with Gasteiger partial charge in [0.25, 0.3) is 5.91 Å². The molecule has 0 unspecified atom stereocenters. The van der Waals surface area contributed by atoms with Gasteiger partial charge >= 0.3 is 0 Å². The largest absolute Gasteiger partial charge is 0.321 e. The fourth-order valence-corrected chi connectivity index (χ4v) is 2.41. The van der Waals surface area contributed by atoms with Gasteiger partial charge in [-0.25, -0.2) is 9.50 Å². The number of benzene rings is 1. The first-order chi connectivity index (χ1) is 10.7. The van der Waals surface area contributed by atoms with Crippen molar-refractivity contribution in [3.8, 4) is 0 Å². The predicted molar refractivity (Wildman–Crippen MR) is 86.1 cm³/mol. The van der Waals surface area contributed by atoms with E-state index >= 15 is 0 Å². The number of aryl methyl sites for hydroxylation is 2. The standard InChI is InChI=1S/C17H18N4O/c1-3-12-6-5-7-13(10-12)19-17(22)15-11-14(4-2)21-16(20-15)8-9-18-21/h5-11H,3-4H2,1-2H3,(H,19,22). The normalized spacial score (nSPS) is 10.8. The third-order valence-electron chi connectivity index (χ3n) is 3.62. The van der Waals surface area contributed by atoms with Gasteiger partial charge in [-0.15, -0.1) is 0 Å².